The monoisotopic (exact) mass is 240 g/mol. The Hall–Kier alpha value is -1.10. The number of fused-ring (bicyclic) bond motifs is 1. The highest BCUT2D eigenvalue weighted by molar-refractivity contribution is 5.78. The van der Waals surface area contributed by atoms with E-state index in [4.69, 9.17) is 5.11 Å². The summed E-state index contributed by atoms with van der Waals surface area (Å²) in [5, 5.41) is 8.54. The molecule has 0 radical (unpaired) electrons. The van der Waals surface area contributed by atoms with E-state index in [0.29, 0.717) is 18.4 Å². The van der Waals surface area contributed by atoms with Crippen molar-refractivity contribution >= 4 is 11.9 Å². The zero-order chi connectivity index (χ0) is 12.3. The lowest BCUT2D eigenvalue weighted by atomic mass is 10.1. The summed E-state index contributed by atoms with van der Waals surface area (Å²) >= 11 is 0. The van der Waals surface area contributed by atoms with Gasteiger partial charge in [0.25, 0.3) is 0 Å². The summed E-state index contributed by atoms with van der Waals surface area (Å²) < 4.78 is 0. The van der Waals surface area contributed by atoms with Crippen molar-refractivity contribution in [3.05, 3.63) is 0 Å². The molecule has 1 unspecified atom stereocenters. The number of hydrogen-bond acceptors (Lipinski definition) is 3. The van der Waals surface area contributed by atoms with Crippen molar-refractivity contribution in [2.45, 2.75) is 38.1 Å². The number of hydrogen-bond donors (Lipinski definition) is 1. The molecule has 0 spiro atoms. The number of rotatable bonds is 5. The van der Waals surface area contributed by atoms with Crippen LogP contribution in [0.4, 0.5) is 0 Å². The Labute approximate surface area is 101 Å². The molecule has 2 heterocycles. The largest absolute Gasteiger partial charge is 0.481 e. The number of carboxylic acid groups (broad SMARTS) is 1. The molecule has 0 bridgehead atoms. The Morgan fingerprint density at radius 2 is 2.18 bits per heavy atom. The van der Waals surface area contributed by atoms with Gasteiger partial charge in [0.2, 0.25) is 5.91 Å². The second-order valence-corrected chi connectivity index (χ2v) is 4.93. The maximum absolute atomic E-state index is 11.5. The molecular weight excluding hydrogens is 220 g/mol. The van der Waals surface area contributed by atoms with Crippen molar-refractivity contribution in [1.82, 2.24) is 9.80 Å². The lowest BCUT2D eigenvalue weighted by Crippen LogP contribution is -2.51. The first-order valence-corrected chi connectivity index (χ1v) is 6.40. The smallest absolute Gasteiger partial charge is 0.303 e. The van der Waals surface area contributed by atoms with Gasteiger partial charge in [-0.2, -0.15) is 0 Å². The average Bonchev–Trinajstić information content (AvgIpc) is 2.66. The van der Waals surface area contributed by atoms with E-state index in [9.17, 15) is 9.59 Å². The number of piperazine rings is 1. The quantitative estimate of drug-likeness (QED) is 0.713. The Kier molecular flexibility index (Phi) is 3.99. The Morgan fingerprint density at radius 3 is 2.94 bits per heavy atom. The Bertz CT molecular complexity index is 306. The zero-order valence-electron chi connectivity index (χ0n) is 10.1. The number of carbonyl (C=O) groups excluding carboxylic acids is 1. The summed E-state index contributed by atoms with van der Waals surface area (Å²) in [5.41, 5.74) is 0. The molecule has 1 amide bonds. The minimum atomic E-state index is -0.712. The van der Waals surface area contributed by atoms with Gasteiger partial charge in [0.15, 0.2) is 0 Å². The van der Waals surface area contributed by atoms with Crippen LogP contribution in [-0.4, -0.2) is 59.0 Å². The summed E-state index contributed by atoms with van der Waals surface area (Å²) in [4.78, 5) is 26.2. The molecule has 2 aliphatic rings. The van der Waals surface area contributed by atoms with Crippen LogP contribution >= 0.6 is 0 Å². The van der Waals surface area contributed by atoms with Crippen molar-refractivity contribution in [2.75, 3.05) is 26.2 Å². The van der Waals surface area contributed by atoms with Crippen LogP contribution in [0.15, 0.2) is 0 Å². The number of carboxylic acids is 1. The van der Waals surface area contributed by atoms with Gasteiger partial charge < -0.3 is 10.0 Å². The molecule has 5 nitrogen and oxygen atoms in total. The van der Waals surface area contributed by atoms with Gasteiger partial charge in [0.1, 0.15) is 0 Å². The van der Waals surface area contributed by atoms with Crippen molar-refractivity contribution in [3.63, 3.8) is 0 Å². The zero-order valence-corrected chi connectivity index (χ0v) is 10.1. The normalized spacial score (nSPS) is 25.1. The summed E-state index contributed by atoms with van der Waals surface area (Å²) in [6, 6.07) is 0.413. The fourth-order valence-corrected chi connectivity index (χ4v) is 2.74. The van der Waals surface area contributed by atoms with Crippen molar-refractivity contribution in [1.29, 1.82) is 0 Å². The predicted octanol–water partition coefficient (Wildman–Crippen LogP) is 0.548. The van der Waals surface area contributed by atoms with Crippen molar-refractivity contribution < 1.29 is 14.7 Å². The van der Waals surface area contributed by atoms with Crippen LogP contribution in [-0.2, 0) is 9.59 Å². The molecule has 1 atom stereocenters. The second kappa shape index (κ2) is 5.49. The molecule has 0 saturated carbocycles. The predicted molar refractivity (Wildman–Crippen MR) is 62.7 cm³/mol. The van der Waals surface area contributed by atoms with E-state index in [0.717, 1.165) is 45.4 Å². The van der Waals surface area contributed by atoms with Crippen LogP contribution in [0.25, 0.3) is 0 Å². The molecule has 96 valence electrons. The van der Waals surface area contributed by atoms with Gasteiger partial charge in [0.05, 0.1) is 0 Å². The van der Waals surface area contributed by atoms with Crippen molar-refractivity contribution in [2.24, 2.45) is 0 Å². The molecule has 2 fully saturated rings. The van der Waals surface area contributed by atoms with E-state index in [1.54, 1.807) is 0 Å². The van der Waals surface area contributed by atoms with Crippen LogP contribution in [0.2, 0.25) is 0 Å². The van der Waals surface area contributed by atoms with Gasteiger partial charge >= 0.3 is 5.97 Å². The van der Waals surface area contributed by atoms with E-state index in [-0.39, 0.29) is 6.42 Å². The van der Waals surface area contributed by atoms with Gasteiger partial charge in [-0.3, -0.25) is 14.5 Å². The van der Waals surface area contributed by atoms with E-state index in [1.165, 1.54) is 0 Å². The third kappa shape index (κ3) is 3.19. The fraction of sp³-hybridized carbons (Fsp3) is 0.833. The van der Waals surface area contributed by atoms with Gasteiger partial charge in [-0.25, -0.2) is 0 Å². The maximum Gasteiger partial charge on any atom is 0.303 e. The highest BCUT2D eigenvalue weighted by Crippen LogP contribution is 2.22. The number of unbranched alkanes of at least 4 members (excludes halogenated alkanes) is 1. The number of carbonyl (C=O) groups is 2. The third-order valence-corrected chi connectivity index (χ3v) is 3.69. The molecule has 0 aromatic heterocycles. The minimum absolute atomic E-state index is 0.266. The molecule has 1 N–H and O–H groups in total. The highest BCUT2D eigenvalue weighted by Gasteiger charge is 2.34. The van der Waals surface area contributed by atoms with Crippen LogP contribution in [0.5, 0.6) is 0 Å². The van der Waals surface area contributed by atoms with E-state index in [1.807, 2.05) is 4.90 Å². The lowest BCUT2D eigenvalue weighted by molar-refractivity contribution is -0.137. The third-order valence-electron chi connectivity index (χ3n) is 3.69. The summed E-state index contributed by atoms with van der Waals surface area (Å²) in [5.74, 6) is -0.406. The van der Waals surface area contributed by atoms with Gasteiger partial charge in [-0.1, -0.05) is 0 Å². The molecule has 2 rings (SSSR count). The van der Waals surface area contributed by atoms with Gasteiger partial charge in [0, 0.05) is 38.5 Å². The van der Waals surface area contributed by atoms with Crippen LogP contribution < -0.4 is 0 Å². The fourth-order valence-electron chi connectivity index (χ4n) is 2.74. The molecule has 2 aliphatic heterocycles. The summed E-state index contributed by atoms with van der Waals surface area (Å²) in [6.07, 6.45) is 3.65. The van der Waals surface area contributed by atoms with E-state index >= 15 is 0 Å². The van der Waals surface area contributed by atoms with Crippen LogP contribution in [0.3, 0.4) is 0 Å². The van der Waals surface area contributed by atoms with Gasteiger partial charge in [-0.15, -0.1) is 0 Å². The molecular formula is C12H20N2O3. The molecule has 0 aromatic rings. The van der Waals surface area contributed by atoms with Gasteiger partial charge in [-0.05, 0) is 25.8 Å². The van der Waals surface area contributed by atoms with Crippen molar-refractivity contribution in [3.8, 4) is 0 Å². The van der Waals surface area contributed by atoms with E-state index < -0.39 is 5.97 Å². The molecule has 5 heteroatoms. The van der Waals surface area contributed by atoms with E-state index in [2.05, 4.69) is 4.90 Å². The first kappa shape index (κ1) is 12.4. The van der Waals surface area contributed by atoms with Crippen LogP contribution in [0.1, 0.15) is 32.1 Å². The summed E-state index contributed by atoms with van der Waals surface area (Å²) in [6.45, 7) is 3.72. The number of aliphatic carboxylic acids is 1. The van der Waals surface area contributed by atoms with Crippen LogP contribution in [0, 0.1) is 0 Å². The highest BCUT2D eigenvalue weighted by atomic mass is 16.4. The topological polar surface area (TPSA) is 60.9 Å². The SMILES string of the molecule is O=C(O)CCCCN1CCN2C(=O)CCC2C1. The number of amides is 1. The molecule has 2 saturated heterocycles. The standard InChI is InChI=1S/C12H20N2O3/c15-11-5-4-10-9-13(7-8-14(10)11)6-2-1-3-12(16)17/h10H,1-9H2,(H,16,17). The first-order chi connectivity index (χ1) is 8.16. The molecule has 0 aromatic carbocycles. The minimum Gasteiger partial charge on any atom is -0.481 e. The first-order valence-electron chi connectivity index (χ1n) is 6.40. The second-order valence-electron chi connectivity index (χ2n) is 4.93. The Morgan fingerprint density at radius 1 is 1.35 bits per heavy atom. The number of nitrogens with zero attached hydrogens (tertiary/aromatic N) is 2. The average molecular weight is 240 g/mol. The Balaban J connectivity index is 1.67. The lowest BCUT2D eigenvalue weighted by Gasteiger charge is -2.37. The maximum atomic E-state index is 11.5. The molecule has 0 aliphatic carbocycles. The molecule has 17 heavy (non-hydrogen) atoms. The summed E-state index contributed by atoms with van der Waals surface area (Å²) in [7, 11) is 0.